The molecule has 76 valence electrons. The van der Waals surface area contributed by atoms with E-state index < -0.39 is 0 Å². The fourth-order valence-electron chi connectivity index (χ4n) is 1.10. The number of anilines is 1. The molecular weight excluding hydrogens is 220 g/mol. The molecule has 1 atom stereocenters. The van der Waals surface area contributed by atoms with Crippen molar-refractivity contribution in [3.63, 3.8) is 0 Å². The average Bonchev–Trinajstić information content (AvgIpc) is 2.72. The summed E-state index contributed by atoms with van der Waals surface area (Å²) in [5.74, 6) is 3.49. The van der Waals surface area contributed by atoms with Gasteiger partial charge in [-0.2, -0.15) is 21.8 Å². The van der Waals surface area contributed by atoms with Gasteiger partial charge in [-0.05, 0) is 0 Å². The SMILES string of the molecule is O=C(Nc1ncn[nH]1)[C@@H]1CSCCS1. The zero-order valence-corrected chi connectivity index (χ0v) is 9.03. The molecule has 1 aliphatic rings. The number of carbonyl (C=O) groups is 1. The van der Waals surface area contributed by atoms with Crippen LogP contribution in [-0.2, 0) is 4.79 Å². The highest BCUT2D eigenvalue weighted by Gasteiger charge is 2.22. The van der Waals surface area contributed by atoms with Gasteiger partial charge >= 0.3 is 0 Å². The number of nitrogens with zero attached hydrogens (tertiary/aromatic N) is 2. The van der Waals surface area contributed by atoms with Crippen molar-refractivity contribution in [3.05, 3.63) is 6.33 Å². The van der Waals surface area contributed by atoms with Crippen LogP contribution in [0.25, 0.3) is 0 Å². The molecule has 14 heavy (non-hydrogen) atoms. The minimum absolute atomic E-state index is 0.0129. The van der Waals surface area contributed by atoms with Gasteiger partial charge in [0, 0.05) is 17.3 Å². The Labute approximate surface area is 89.8 Å². The van der Waals surface area contributed by atoms with Gasteiger partial charge in [0.15, 0.2) is 0 Å². The van der Waals surface area contributed by atoms with E-state index in [0.29, 0.717) is 5.95 Å². The maximum absolute atomic E-state index is 11.6. The van der Waals surface area contributed by atoms with Crippen molar-refractivity contribution in [2.75, 3.05) is 22.6 Å². The standard InChI is InChI=1S/C7H10N4OS2/c12-6(5-3-13-1-2-14-5)10-7-8-4-9-11-7/h4-5H,1-3H2,(H2,8,9,10,11,12)/t5-/m0/s1. The minimum Gasteiger partial charge on any atom is -0.294 e. The molecule has 1 fully saturated rings. The van der Waals surface area contributed by atoms with Gasteiger partial charge in [-0.1, -0.05) is 0 Å². The lowest BCUT2D eigenvalue weighted by atomic mass is 10.4. The Hall–Kier alpha value is -0.690. The van der Waals surface area contributed by atoms with Crippen molar-refractivity contribution < 1.29 is 4.79 Å². The van der Waals surface area contributed by atoms with Gasteiger partial charge in [0.1, 0.15) is 6.33 Å². The molecule has 0 unspecified atom stereocenters. The number of hydrogen-bond donors (Lipinski definition) is 2. The maximum Gasteiger partial charge on any atom is 0.240 e. The first-order valence-corrected chi connectivity index (χ1v) is 6.42. The third kappa shape index (κ3) is 2.42. The Morgan fingerprint density at radius 3 is 3.21 bits per heavy atom. The van der Waals surface area contributed by atoms with Gasteiger partial charge in [0.2, 0.25) is 11.9 Å². The van der Waals surface area contributed by atoms with Gasteiger partial charge in [-0.25, -0.2) is 5.10 Å². The summed E-state index contributed by atoms with van der Waals surface area (Å²) in [6.45, 7) is 0. The third-order valence-electron chi connectivity index (χ3n) is 1.76. The lowest BCUT2D eigenvalue weighted by Crippen LogP contribution is -2.30. The molecule has 0 bridgehead atoms. The summed E-state index contributed by atoms with van der Waals surface area (Å²) in [5.41, 5.74) is 0. The number of carbonyl (C=O) groups excluding carboxylic acids is 1. The van der Waals surface area contributed by atoms with Crippen LogP contribution in [0.15, 0.2) is 6.33 Å². The number of aromatic nitrogens is 3. The molecule has 7 heteroatoms. The summed E-state index contributed by atoms with van der Waals surface area (Å²) < 4.78 is 0. The Morgan fingerprint density at radius 2 is 2.57 bits per heavy atom. The third-order valence-corrected chi connectivity index (χ3v) is 4.52. The highest BCUT2D eigenvalue weighted by molar-refractivity contribution is 8.07. The summed E-state index contributed by atoms with van der Waals surface area (Å²) in [6, 6.07) is 0. The van der Waals surface area contributed by atoms with E-state index in [1.54, 1.807) is 11.8 Å². The second kappa shape index (κ2) is 4.70. The number of rotatable bonds is 2. The molecule has 1 saturated heterocycles. The molecule has 1 aromatic heterocycles. The van der Waals surface area contributed by atoms with E-state index in [0.717, 1.165) is 17.3 Å². The second-order valence-corrected chi connectivity index (χ2v) is 5.22. The number of H-pyrrole nitrogens is 1. The van der Waals surface area contributed by atoms with Crippen LogP contribution in [0.5, 0.6) is 0 Å². The predicted molar refractivity (Wildman–Crippen MR) is 58.6 cm³/mol. The summed E-state index contributed by atoms with van der Waals surface area (Å²) in [4.78, 5) is 15.5. The van der Waals surface area contributed by atoms with Crippen LogP contribution in [0.2, 0.25) is 0 Å². The first-order chi connectivity index (χ1) is 6.86. The smallest absolute Gasteiger partial charge is 0.240 e. The topological polar surface area (TPSA) is 70.7 Å². The van der Waals surface area contributed by atoms with Crippen molar-refractivity contribution in [2.24, 2.45) is 0 Å². The zero-order valence-electron chi connectivity index (χ0n) is 7.40. The number of aromatic amines is 1. The largest absolute Gasteiger partial charge is 0.294 e. The predicted octanol–water partition coefficient (Wildman–Crippen LogP) is 0.592. The molecule has 0 aromatic carbocycles. The Kier molecular flexibility index (Phi) is 3.30. The zero-order chi connectivity index (χ0) is 9.80. The summed E-state index contributed by atoms with van der Waals surface area (Å²) in [6.07, 6.45) is 1.37. The lowest BCUT2D eigenvalue weighted by molar-refractivity contribution is -0.115. The van der Waals surface area contributed by atoms with Crippen LogP contribution in [0.4, 0.5) is 5.95 Å². The quantitative estimate of drug-likeness (QED) is 0.778. The van der Waals surface area contributed by atoms with E-state index in [2.05, 4.69) is 20.5 Å². The first-order valence-electron chi connectivity index (χ1n) is 4.22. The first kappa shape index (κ1) is 9.85. The number of amides is 1. The van der Waals surface area contributed by atoms with Crippen molar-refractivity contribution in [1.29, 1.82) is 0 Å². The van der Waals surface area contributed by atoms with E-state index in [4.69, 9.17) is 0 Å². The van der Waals surface area contributed by atoms with Gasteiger partial charge in [0.25, 0.3) is 0 Å². The van der Waals surface area contributed by atoms with E-state index >= 15 is 0 Å². The molecule has 2 rings (SSSR count). The maximum atomic E-state index is 11.6. The highest BCUT2D eigenvalue weighted by Crippen LogP contribution is 2.24. The van der Waals surface area contributed by atoms with Gasteiger partial charge in [0.05, 0.1) is 5.25 Å². The fraction of sp³-hybridized carbons (Fsp3) is 0.571. The van der Waals surface area contributed by atoms with Crippen LogP contribution in [0.3, 0.4) is 0 Å². The molecule has 0 saturated carbocycles. The monoisotopic (exact) mass is 230 g/mol. The summed E-state index contributed by atoms with van der Waals surface area (Å²) in [5, 5.41) is 8.99. The van der Waals surface area contributed by atoms with E-state index in [-0.39, 0.29) is 11.2 Å². The Bertz CT molecular complexity index is 297. The van der Waals surface area contributed by atoms with Crippen molar-refractivity contribution in [1.82, 2.24) is 15.2 Å². The summed E-state index contributed by atoms with van der Waals surface area (Å²) >= 11 is 3.51. The van der Waals surface area contributed by atoms with Crippen molar-refractivity contribution >= 4 is 35.4 Å². The normalized spacial score (nSPS) is 21.9. The number of nitrogens with one attached hydrogen (secondary N) is 2. The Balaban J connectivity index is 1.88. The van der Waals surface area contributed by atoms with E-state index in [1.165, 1.54) is 6.33 Å². The molecule has 5 nitrogen and oxygen atoms in total. The van der Waals surface area contributed by atoms with E-state index in [9.17, 15) is 4.79 Å². The van der Waals surface area contributed by atoms with Crippen LogP contribution in [0, 0.1) is 0 Å². The molecule has 1 amide bonds. The van der Waals surface area contributed by atoms with Gasteiger partial charge < -0.3 is 0 Å². The van der Waals surface area contributed by atoms with Crippen LogP contribution in [0.1, 0.15) is 0 Å². The van der Waals surface area contributed by atoms with Crippen LogP contribution < -0.4 is 5.32 Å². The molecular formula is C7H10N4OS2. The van der Waals surface area contributed by atoms with Crippen molar-refractivity contribution in [2.45, 2.75) is 5.25 Å². The number of hydrogen-bond acceptors (Lipinski definition) is 5. The molecule has 1 aliphatic heterocycles. The molecule has 0 spiro atoms. The fourth-order valence-corrected chi connectivity index (χ4v) is 3.66. The van der Waals surface area contributed by atoms with E-state index in [1.807, 2.05) is 11.8 Å². The molecule has 0 radical (unpaired) electrons. The molecule has 2 heterocycles. The molecule has 0 aliphatic carbocycles. The average molecular weight is 230 g/mol. The van der Waals surface area contributed by atoms with Gasteiger partial charge in [-0.15, -0.1) is 11.8 Å². The van der Waals surface area contributed by atoms with Crippen molar-refractivity contribution in [3.8, 4) is 0 Å². The second-order valence-electron chi connectivity index (χ2n) is 2.76. The van der Waals surface area contributed by atoms with Crippen LogP contribution in [-0.4, -0.2) is 43.6 Å². The molecule has 1 aromatic rings. The lowest BCUT2D eigenvalue weighted by Gasteiger charge is -2.19. The Morgan fingerprint density at radius 1 is 1.64 bits per heavy atom. The van der Waals surface area contributed by atoms with Gasteiger partial charge in [-0.3, -0.25) is 10.1 Å². The highest BCUT2D eigenvalue weighted by atomic mass is 32.2. The summed E-state index contributed by atoms with van der Waals surface area (Å²) in [7, 11) is 0. The number of thioether (sulfide) groups is 2. The molecule has 2 N–H and O–H groups in total. The van der Waals surface area contributed by atoms with Crippen LogP contribution >= 0.6 is 23.5 Å². The minimum atomic E-state index is 0.0129.